The quantitative estimate of drug-likeness (QED) is 0.862. The summed E-state index contributed by atoms with van der Waals surface area (Å²) in [4.78, 5) is 35.7. The Kier molecular flexibility index (Phi) is 5.25. The van der Waals surface area contributed by atoms with Crippen LogP contribution in [0.15, 0.2) is 24.3 Å². The van der Waals surface area contributed by atoms with E-state index in [1.165, 1.54) is 25.3 Å². The second-order valence-electron chi connectivity index (χ2n) is 5.38. The van der Waals surface area contributed by atoms with Crippen LogP contribution in [0.2, 0.25) is 0 Å². The highest BCUT2D eigenvalue weighted by Gasteiger charge is 2.34. The van der Waals surface area contributed by atoms with Crippen molar-refractivity contribution in [2.24, 2.45) is 5.92 Å². The molecule has 118 valence electrons. The Hall–Kier alpha value is -2.24. The Morgan fingerprint density at radius 2 is 2.18 bits per heavy atom. The molecule has 1 N–H and O–H groups in total. The molecule has 1 amide bonds. The van der Waals surface area contributed by atoms with E-state index in [0.717, 1.165) is 6.07 Å². The second-order valence-corrected chi connectivity index (χ2v) is 5.38. The minimum Gasteiger partial charge on any atom is -0.467 e. The SMILES string of the molecule is COC(=O)[C@H](NC(=O)c1cccc(F)c1)[C@@H]1CCCC(=O)C1. The fourth-order valence-electron chi connectivity index (χ4n) is 2.69. The lowest BCUT2D eigenvalue weighted by molar-refractivity contribution is -0.145. The summed E-state index contributed by atoms with van der Waals surface area (Å²) in [5.41, 5.74) is 0.121. The van der Waals surface area contributed by atoms with E-state index in [9.17, 15) is 18.8 Å². The average Bonchev–Trinajstić information content (AvgIpc) is 2.51. The number of benzene rings is 1. The van der Waals surface area contributed by atoms with Crippen LogP contribution >= 0.6 is 0 Å². The first kappa shape index (κ1) is 16.1. The maximum atomic E-state index is 13.2. The van der Waals surface area contributed by atoms with Crippen LogP contribution in [0.25, 0.3) is 0 Å². The van der Waals surface area contributed by atoms with E-state index < -0.39 is 23.7 Å². The van der Waals surface area contributed by atoms with Crippen molar-refractivity contribution >= 4 is 17.7 Å². The molecule has 1 aliphatic carbocycles. The van der Waals surface area contributed by atoms with Gasteiger partial charge in [-0.3, -0.25) is 9.59 Å². The highest BCUT2D eigenvalue weighted by Crippen LogP contribution is 2.25. The third kappa shape index (κ3) is 3.90. The summed E-state index contributed by atoms with van der Waals surface area (Å²) in [6.07, 6.45) is 2.09. The third-order valence-electron chi connectivity index (χ3n) is 3.82. The average molecular weight is 307 g/mol. The number of hydrogen-bond donors (Lipinski definition) is 1. The van der Waals surface area contributed by atoms with Crippen LogP contribution in [0, 0.1) is 11.7 Å². The van der Waals surface area contributed by atoms with Gasteiger partial charge >= 0.3 is 5.97 Å². The molecular formula is C16H18FNO4. The van der Waals surface area contributed by atoms with Crippen molar-refractivity contribution in [2.45, 2.75) is 31.7 Å². The fraction of sp³-hybridized carbons (Fsp3) is 0.438. The van der Waals surface area contributed by atoms with E-state index in [0.29, 0.717) is 19.3 Å². The molecule has 22 heavy (non-hydrogen) atoms. The van der Waals surface area contributed by atoms with Gasteiger partial charge in [0.25, 0.3) is 5.91 Å². The lowest BCUT2D eigenvalue weighted by Crippen LogP contribution is -2.48. The van der Waals surface area contributed by atoms with Gasteiger partial charge in [-0.1, -0.05) is 6.07 Å². The number of ketones is 1. The van der Waals surface area contributed by atoms with Gasteiger partial charge < -0.3 is 10.1 Å². The Labute approximate surface area is 127 Å². The lowest BCUT2D eigenvalue weighted by atomic mass is 9.83. The van der Waals surface area contributed by atoms with Crippen LogP contribution in [-0.4, -0.2) is 30.8 Å². The van der Waals surface area contributed by atoms with Crippen molar-refractivity contribution < 1.29 is 23.5 Å². The maximum Gasteiger partial charge on any atom is 0.328 e. The van der Waals surface area contributed by atoms with Crippen LogP contribution in [-0.2, 0) is 14.3 Å². The molecule has 1 aliphatic rings. The van der Waals surface area contributed by atoms with E-state index in [2.05, 4.69) is 5.32 Å². The van der Waals surface area contributed by atoms with Gasteiger partial charge in [-0.2, -0.15) is 0 Å². The van der Waals surface area contributed by atoms with E-state index in [1.54, 1.807) is 0 Å². The van der Waals surface area contributed by atoms with Crippen molar-refractivity contribution in [3.05, 3.63) is 35.6 Å². The zero-order valence-corrected chi connectivity index (χ0v) is 12.3. The van der Waals surface area contributed by atoms with Crippen LogP contribution in [0.5, 0.6) is 0 Å². The number of carbonyl (C=O) groups excluding carboxylic acids is 3. The summed E-state index contributed by atoms with van der Waals surface area (Å²) >= 11 is 0. The van der Waals surface area contributed by atoms with Crippen molar-refractivity contribution in [1.29, 1.82) is 0 Å². The molecule has 6 heteroatoms. The van der Waals surface area contributed by atoms with E-state index in [4.69, 9.17) is 4.74 Å². The number of ether oxygens (including phenoxy) is 1. The Bertz CT molecular complexity index is 587. The molecule has 0 heterocycles. The van der Waals surface area contributed by atoms with Crippen molar-refractivity contribution in [3.63, 3.8) is 0 Å². The lowest BCUT2D eigenvalue weighted by Gasteiger charge is -2.28. The molecular weight excluding hydrogens is 289 g/mol. The minimum atomic E-state index is -0.898. The van der Waals surface area contributed by atoms with E-state index in [-0.39, 0.29) is 23.7 Å². The second kappa shape index (κ2) is 7.15. The number of hydrogen-bond acceptors (Lipinski definition) is 4. The van der Waals surface area contributed by atoms with Gasteiger partial charge in [0, 0.05) is 18.4 Å². The first-order valence-corrected chi connectivity index (χ1v) is 7.17. The molecule has 5 nitrogen and oxygen atoms in total. The van der Waals surface area contributed by atoms with Gasteiger partial charge in [-0.15, -0.1) is 0 Å². The highest BCUT2D eigenvalue weighted by atomic mass is 19.1. The summed E-state index contributed by atoms with van der Waals surface area (Å²) in [6.45, 7) is 0. The van der Waals surface area contributed by atoms with Gasteiger partial charge in [0.05, 0.1) is 7.11 Å². The van der Waals surface area contributed by atoms with Gasteiger partial charge in [0.1, 0.15) is 17.6 Å². The summed E-state index contributed by atoms with van der Waals surface area (Å²) in [7, 11) is 1.23. The predicted molar refractivity (Wildman–Crippen MR) is 76.6 cm³/mol. The number of amides is 1. The zero-order valence-electron chi connectivity index (χ0n) is 12.3. The molecule has 1 aromatic carbocycles. The van der Waals surface area contributed by atoms with Gasteiger partial charge in [-0.05, 0) is 37.0 Å². The molecule has 0 saturated heterocycles. The smallest absolute Gasteiger partial charge is 0.328 e. The monoisotopic (exact) mass is 307 g/mol. The summed E-state index contributed by atoms with van der Waals surface area (Å²) in [5.74, 6) is -1.90. The van der Waals surface area contributed by atoms with Crippen LogP contribution in [0.4, 0.5) is 4.39 Å². The standard InChI is InChI=1S/C16H18FNO4/c1-22-16(21)14(10-4-3-7-13(19)9-10)18-15(20)11-5-2-6-12(17)8-11/h2,5-6,8,10,14H,3-4,7,9H2,1H3,(H,18,20)/t10-,14-/m1/s1. The molecule has 0 unspecified atom stereocenters. The van der Waals surface area contributed by atoms with Gasteiger partial charge in [-0.25, -0.2) is 9.18 Å². The number of halogens is 1. The molecule has 1 saturated carbocycles. The number of esters is 1. The van der Waals surface area contributed by atoms with Crippen molar-refractivity contribution in [3.8, 4) is 0 Å². The molecule has 2 rings (SSSR count). The molecule has 0 spiro atoms. The van der Waals surface area contributed by atoms with Crippen LogP contribution < -0.4 is 5.32 Å². The van der Waals surface area contributed by atoms with E-state index in [1.807, 2.05) is 0 Å². The molecule has 0 aromatic heterocycles. The largest absolute Gasteiger partial charge is 0.467 e. The number of carbonyl (C=O) groups is 3. The molecule has 0 radical (unpaired) electrons. The molecule has 0 bridgehead atoms. The van der Waals surface area contributed by atoms with Gasteiger partial charge in [0.2, 0.25) is 0 Å². The Morgan fingerprint density at radius 1 is 1.41 bits per heavy atom. The topological polar surface area (TPSA) is 72.5 Å². The number of methoxy groups -OCH3 is 1. The van der Waals surface area contributed by atoms with E-state index >= 15 is 0 Å². The predicted octanol–water partition coefficient (Wildman–Crippen LogP) is 1.86. The van der Waals surface area contributed by atoms with Gasteiger partial charge in [0.15, 0.2) is 0 Å². The molecule has 1 fully saturated rings. The number of rotatable bonds is 4. The highest BCUT2D eigenvalue weighted by molar-refractivity contribution is 5.97. The molecule has 1 aromatic rings. The summed E-state index contributed by atoms with van der Waals surface area (Å²) in [6, 6.07) is 4.30. The van der Waals surface area contributed by atoms with Crippen molar-refractivity contribution in [1.82, 2.24) is 5.32 Å². The summed E-state index contributed by atoms with van der Waals surface area (Å²) in [5, 5.41) is 2.57. The molecule has 2 atom stereocenters. The minimum absolute atomic E-state index is 0.0742. The third-order valence-corrected chi connectivity index (χ3v) is 3.82. The molecule has 0 aliphatic heterocycles. The fourth-order valence-corrected chi connectivity index (χ4v) is 2.69. The maximum absolute atomic E-state index is 13.2. The normalized spacial score (nSPS) is 19.4. The number of nitrogens with one attached hydrogen (secondary N) is 1. The van der Waals surface area contributed by atoms with Crippen molar-refractivity contribution in [2.75, 3.05) is 7.11 Å². The summed E-state index contributed by atoms with van der Waals surface area (Å²) < 4.78 is 17.9. The first-order valence-electron chi connectivity index (χ1n) is 7.17. The Morgan fingerprint density at radius 3 is 2.82 bits per heavy atom. The zero-order chi connectivity index (χ0) is 16.1. The Balaban J connectivity index is 2.14. The van der Waals surface area contributed by atoms with Crippen LogP contribution in [0.3, 0.4) is 0 Å². The van der Waals surface area contributed by atoms with Crippen LogP contribution in [0.1, 0.15) is 36.0 Å². The first-order chi connectivity index (χ1) is 10.5. The number of Topliss-reactive ketones (excluding diaryl/α,β-unsaturated/α-hetero) is 1.